The number of halogens is 1. The van der Waals surface area contributed by atoms with Crippen LogP contribution < -0.4 is 4.74 Å². The minimum absolute atomic E-state index is 0.498. The second-order valence-electron chi connectivity index (χ2n) is 2.64. The Bertz CT molecular complexity index is 298. The fraction of sp³-hybridized carbons (Fsp3) is 0.375. The van der Waals surface area contributed by atoms with Crippen molar-refractivity contribution >= 4 is 11.6 Å². The fourth-order valence-electron chi connectivity index (χ4n) is 1.29. The smallest absolute Gasteiger partial charge is 0.171 e. The molecule has 0 aromatic carbocycles. The van der Waals surface area contributed by atoms with Gasteiger partial charge in [0.1, 0.15) is 0 Å². The summed E-state index contributed by atoms with van der Waals surface area (Å²) in [6.45, 7) is 2.67. The van der Waals surface area contributed by atoms with Crippen LogP contribution >= 0.6 is 11.6 Å². The molecule has 0 aliphatic carbocycles. The Morgan fingerprint density at radius 2 is 2.45 bits per heavy atom. The van der Waals surface area contributed by atoms with Gasteiger partial charge in [0.25, 0.3) is 0 Å². The van der Waals surface area contributed by atoms with Crippen molar-refractivity contribution in [3.8, 4) is 5.75 Å². The van der Waals surface area contributed by atoms with Gasteiger partial charge in [-0.25, -0.2) is 4.98 Å². The van der Waals surface area contributed by atoms with E-state index >= 15 is 0 Å². The van der Waals surface area contributed by atoms with E-state index in [-0.39, 0.29) is 0 Å². The van der Waals surface area contributed by atoms with Crippen LogP contribution in [0.4, 0.5) is 0 Å². The highest BCUT2D eigenvalue weighted by Crippen LogP contribution is 2.31. The zero-order valence-corrected chi connectivity index (χ0v) is 6.98. The van der Waals surface area contributed by atoms with Crippen LogP contribution in [-0.2, 0) is 6.42 Å². The van der Waals surface area contributed by atoms with E-state index in [4.69, 9.17) is 16.3 Å². The molecule has 0 saturated heterocycles. The maximum atomic E-state index is 5.84. The molecule has 1 aliphatic heterocycles. The molecule has 2 rings (SSSR count). The average Bonchev–Trinajstić information content (AvgIpc) is 2.34. The van der Waals surface area contributed by atoms with Crippen LogP contribution in [0, 0.1) is 6.92 Å². The molecule has 0 saturated carbocycles. The molecule has 1 aromatic heterocycles. The zero-order chi connectivity index (χ0) is 7.84. The first-order valence-electron chi connectivity index (χ1n) is 3.56. The average molecular weight is 170 g/mol. The van der Waals surface area contributed by atoms with Crippen LogP contribution in [0.25, 0.3) is 0 Å². The van der Waals surface area contributed by atoms with Crippen molar-refractivity contribution in [2.45, 2.75) is 13.3 Å². The van der Waals surface area contributed by atoms with E-state index < -0.39 is 0 Å². The molecule has 58 valence electrons. The number of fused-ring (bicyclic) bond motifs is 1. The molecule has 0 unspecified atom stereocenters. The Labute approximate surface area is 70.2 Å². The van der Waals surface area contributed by atoms with Crippen molar-refractivity contribution in [1.82, 2.24) is 4.98 Å². The van der Waals surface area contributed by atoms with Crippen molar-refractivity contribution in [3.63, 3.8) is 0 Å². The highest BCUT2D eigenvalue weighted by atomic mass is 35.5. The lowest BCUT2D eigenvalue weighted by atomic mass is 10.2. The lowest BCUT2D eigenvalue weighted by molar-refractivity contribution is 0.356. The van der Waals surface area contributed by atoms with Crippen molar-refractivity contribution in [2.24, 2.45) is 0 Å². The lowest BCUT2D eigenvalue weighted by Crippen LogP contribution is -1.88. The van der Waals surface area contributed by atoms with Crippen molar-refractivity contribution in [2.75, 3.05) is 6.61 Å². The minimum atomic E-state index is 0.498. The van der Waals surface area contributed by atoms with Crippen LogP contribution in [0.3, 0.4) is 0 Å². The molecule has 0 bridgehead atoms. The van der Waals surface area contributed by atoms with E-state index in [0.29, 0.717) is 5.15 Å². The number of aryl methyl sites for hydroxylation is 1. The number of hydrogen-bond donors (Lipinski definition) is 0. The number of ether oxygens (including phenoxy) is 1. The van der Waals surface area contributed by atoms with E-state index in [1.165, 1.54) is 5.56 Å². The molecule has 2 nitrogen and oxygen atoms in total. The standard InChI is InChI=1S/C8H8ClNO/c1-5-4-6-2-3-11-7(6)8(9)10-5/h4H,2-3H2,1H3. The Balaban J connectivity index is 2.60. The topological polar surface area (TPSA) is 22.1 Å². The van der Waals surface area contributed by atoms with Crippen LogP contribution in [0.1, 0.15) is 11.3 Å². The molecule has 2 heterocycles. The summed E-state index contributed by atoms with van der Waals surface area (Å²) in [6, 6.07) is 2.02. The molecular weight excluding hydrogens is 162 g/mol. The van der Waals surface area contributed by atoms with Crippen LogP contribution in [0.15, 0.2) is 6.07 Å². The second-order valence-corrected chi connectivity index (χ2v) is 3.00. The van der Waals surface area contributed by atoms with E-state index in [1.807, 2.05) is 13.0 Å². The minimum Gasteiger partial charge on any atom is -0.490 e. The fourth-order valence-corrected chi connectivity index (χ4v) is 1.60. The maximum Gasteiger partial charge on any atom is 0.171 e. The predicted molar refractivity (Wildman–Crippen MR) is 43.2 cm³/mol. The van der Waals surface area contributed by atoms with E-state index in [2.05, 4.69) is 4.98 Å². The molecule has 0 N–H and O–H groups in total. The normalized spacial score (nSPS) is 14.4. The quantitative estimate of drug-likeness (QED) is 0.554. The third-order valence-electron chi connectivity index (χ3n) is 1.75. The molecule has 0 amide bonds. The molecule has 11 heavy (non-hydrogen) atoms. The molecule has 0 spiro atoms. The van der Waals surface area contributed by atoms with Gasteiger partial charge in [-0.15, -0.1) is 0 Å². The van der Waals surface area contributed by atoms with Gasteiger partial charge in [-0.1, -0.05) is 11.6 Å². The molecular formula is C8H8ClNO. The SMILES string of the molecule is Cc1cc2c(c(Cl)n1)OCC2. The van der Waals surface area contributed by atoms with E-state index in [1.54, 1.807) is 0 Å². The molecule has 1 aromatic rings. The van der Waals surface area contributed by atoms with Gasteiger partial charge in [0, 0.05) is 17.7 Å². The highest BCUT2D eigenvalue weighted by Gasteiger charge is 2.16. The first kappa shape index (κ1) is 6.92. The Kier molecular flexibility index (Phi) is 1.50. The summed E-state index contributed by atoms with van der Waals surface area (Å²) in [7, 11) is 0. The van der Waals surface area contributed by atoms with Gasteiger partial charge in [-0.2, -0.15) is 0 Å². The summed E-state index contributed by atoms with van der Waals surface area (Å²) in [5.41, 5.74) is 2.14. The lowest BCUT2D eigenvalue weighted by Gasteiger charge is -2.01. The van der Waals surface area contributed by atoms with Crippen molar-refractivity contribution in [1.29, 1.82) is 0 Å². The maximum absolute atomic E-state index is 5.84. The molecule has 1 aliphatic rings. The summed E-state index contributed by atoms with van der Waals surface area (Å²) in [5, 5.41) is 0.498. The Hall–Kier alpha value is -0.760. The summed E-state index contributed by atoms with van der Waals surface area (Å²) < 4.78 is 5.29. The van der Waals surface area contributed by atoms with Gasteiger partial charge in [-0.05, 0) is 13.0 Å². The summed E-state index contributed by atoms with van der Waals surface area (Å²) in [4.78, 5) is 4.09. The molecule has 0 fully saturated rings. The van der Waals surface area contributed by atoms with Crippen LogP contribution in [-0.4, -0.2) is 11.6 Å². The largest absolute Gasteiger partial charge is 0.490 e. The van der Waals surface area contributed by atoms with Gasteiger partial charge in [0.2, 0.25) is 0 Å². The molecule has 3 heteroatoms. The molecule has 0 radical (unpaired) electrons. The Morgan fingerprint density at radius 1 is 1.64 bits per heavy atom. The van der Waals surface area contributed by atoms with Crippen molar-refractivity contribution in [3.05, 3.63) is 22.5 Å². The number of nitrogens with zero attached hydrogens (tertiary/aromatic N) is 1. The van der Waals surface area contributed by atoms with Gasteiger partial charge >= 0.3 is 0 Å². The summed E-state index contributed by atoms with van der Waals surface area (Å²) >= 11 is 5.84. The van der Waals surface area contributed by atoms with E-state index in [9.17, 15) is 0 Å². The monoisotopic (exact) mass is 169 g/mol. The van der Waals surface area contributed by atoms with Crippen LogP contribution in [0.5, 0.6) is 5.75 Å². The number of aromatic nitrogens is 1. The highest BCUT2D eigenvalue weighted by molar-refractivity contribution is 6.31. The third-order valence-corrected chi connectivity index (χ3v) is 2.01. The first-order valence-corrected chi connectivity index (χ1v) is 3.94. The first-order chi connectivity index (χ1) is 5.27. The van der Waals surface area contributed by atoms with Crippen molar-refractivity contribution < 1.29 is 4.74 Å². The van der Waals surface area contributed by atoms with Gasteiger partial charge in [0.15, 0.2) is 10.9 Å². The third kappa shape index (κ3) is 1.07. The molecule has 0 atom stereocenters. The predicted octanol–water partition coefficient (Wildman–Crippen LogP) is 1.98. The van der Waals surface area contributed by atoms with Gasteiger partial charge < -0.3 is 4.74 Å². The number of pyridine rings is 1. The number of hydrogen-bond acceptors (Lipinski definition) is 2. The Morgan fingerprint density at radius 3 is 3.27 bits per heavy atom. The summed E-state index contributed by atoms with van der Waals surface area (Å²) in [6.07, 6.45) is 0.957. The second kappa shape index (κ2) is 2.38. The van der Waals surface area contributed by atoms with Gasteiger partial charge in [-0.3, -0.25) is 0 Å². The van der Waals surface area contributed by atoms with E-state index in [0.717, 1.165) is 24.5 Å². The van der Waals surface area contributed by atoms with Crippen LogP contribution in [0.2, 0.25) is 5.15 Å². The number of rotatable bonds is 0. The zero-order valence-electron chi connectivity index (χ0n) is 6.22. The van der Waals surface area contributed by atoms with Gasteiger partial charge in [0.05, 0.1) is 6.61 Å². The summed E-state index contributed by atoms with van der Waals surface area (Å²) in [5.74, 6) is 0.775.